The van der Waals surface area contributed by atoms with Crippen LogP contribution in [0.4, 0.5) is 5.69 Å². The van der Waals surface area contributed by atoms with Crippen LogP contribution >= 0.6 is 0 Å². The molecule has 3 aliphatic rings. The summed E-state index contributed by atoms with van der Waals surface area (Å²) in [6, 6.07) is 10.6. The minimum absolute atomic E-state index is 0.0667. The predicted octanol–water partition coefficient (Wildman–Crippen LogP) is 4.23. The molecule has 1 N–H and O–H groups in total. The zero-order chi connectivity index (χ0) is 26.9. The van der Waals surface area contributed by atoms with Crippen LogP contribution in [0, 0.1) is 11.5 Å². The number of rotatable bonds is 6. The first-order valence-corrected chi connectivity index (χ1v) is 13.7. The minimum Gasteiger partial charge on any atom is -0.373 e. The summed E-state index contributed by atoms with van der Waals surface area (Å²) in [5.41, 5.74) is 1.16. The second-order valence-electron chi connectivity index (χ2n) is 11.9. The molecule has 200 valence electrons. The Morgan fingerprint density at radius 1 is 1.18 bits per heavy atom. The van der Waals surface area contributed by atoms with Crippen molar-refractivity contribution in [2.24, 2.45) is 0 Å². The van der Waals surface area contributed by atoms with Crippen molar-refractivity contribution in [3.05, 3.63) is 59.9 Å². The maximum atomic E-state index is 14.6. The predicted molar refractivity (Wildman–Crippen MR) is 144 cm³/mol. The highest BCUT2D eigenvalue weighted by atomic mass is 16.5. The van der Waals surface area contributed by atoms with Gasteiger partial charge in [-0.05, 0) is 42.0 Å². The first-order valence-electron chi connectivity index (χ1n) is 13.7. The number of aromatic nitrogens is 1. The Kier molecular flexibility index (Phi) is 7.15. The quantitative estimate of drug-likeness (QED) is 0.578. The van der Waals surface area contributed by atoms with Gasteiger partial charge in [0.05, 0.1) is 19.3 Å². The van der Waals surface area contributed by atoms with E-state index in [1.165, 1.54) is 6.42 Å². The Morgan fingerprint density at radius 2 is 1.92 bits per heavy atom. The maximum absolute atomic E-state index is 14.6. The van der Waals surface area contributed by atoms with Crippen molar-refractivity contribution in [1.82, 2.24) is 15.2 Å². The van der Waals surface area contributed by atoms with Crippen molar-refractivity contribution in [3.63, 3.8) is 0 Å². The summed E-state index contributed by atoms with van der Waals surface area (Å²) >= 11 is 0. The van der Waals surface area contributed by atoms with Crippen LogP contribution in [0.5, 0.6) is 0 Å². The maximum Gasteiger partial charge on any atom is 0.257 e. The second kappa shape index (κ2) is 10.4. The molecule has 8 nitrogen and oxygen atoms in total. The fourth-order valence-electron chi connectivity index (χ4n) is 6.05. The summed E-state index contributed by atoms with van der Waals surface area (Å²) in [6.07, 6.45) is 11.0. The molecular formula is C30H37N5O3. The molecule has 2 amide bonds. The average Bonchev–Trinajstić information content (AvgIpc) is 3.52. The Bertz CT molecular complexity index is 1200. The number of fused-ring (bicyclic) bond motifs is 2. The summed E-state index contributed by atoms with van der Waals surface area (Å²) in [4.78, 5) is 36.1. The average molecular weight is 516 g/mol. The largest absolute Gasteiger partial charge is 0.373 e. The Morgan fingerprint density at radius 3 is 2.53 bits per heavy atom. The molecule has 1 aromatic carbocycles. The molecule has 5 rings (SSSR count). The number of pyridine rings is 1. The first kappa shape index (κ1) is 26.2. The lowest BCUT2D eigenvalue weighted by Gasteiger charge is -2.40. The Hall–Kier alpha value is -3.44. The molecule has 38 heavy (non-hydrogen) atoms. The molecule has 3 heterocycles. The number of benzene rings is 1. The van der Waals surface area contributed by atoms with Gasteiger partial charge in [0, 0.05) is 36.1 Å². The summed E-state index contributed by atoms with van der Waals surface area (Å²) < 4.78 is 5.87. The standard InChI is InChI=1S/C30H37N5O3/c1-29(2,3)22-11-13-24(14-12-22)35(28(37)30-16-25(38-19-30)18-34(30)20-31)26(21-8-7-15-32-17-21)27(36)33-23-9-5-4-6-10-23/h7-8,11-15,17,23,25-26H,4-6,9-10,16,18-19H2,1-3H3,(H,33,36)/t25-,26?,30-/m1/s1. The molecule has 2 aliphatic heterocycles. The van der Waals surface area contributed by atoms with Crippen LogP contribution in [0.15, 0.2) is 48.8 Å². The van der Waals surface area contributed by atoms with Crippen LogP contribution in [0.1, 0.15) is 76.5 Å². The number of likely N-dealkylation sites (tertiary alicyclic amines) is 1. The SMILES string of the molecule is CC(C)(C)c1ccc(N(C(=O)[C@@]23CO[C@@H](CN2C#N)C3)C(C(=O)NC2CCCCC2)c2cccnc2)cc1. The molecule has 2 bridgehead atoms. The van der Waals surface area contributed by atoms with E-state index in [2.05, 4.69) is 37.3 Å². The fourth-order valence-corrected chi connectivity index (χ4v) is 6.05. The van der Waals surface area contributed by atoms with E-state index in [1.54, 1.807) is 28.3 Å². The van der Waals surface area contributed by atoms with Crippen molar-refractivity contribution in [1.29, 1.82) is 5.26 Å². The molecule has 0 radical (unpaired) electrons. The summed E-state index contributed by atoms with van der Waals surface area (Å²) in [5, 5.41) is 13.2. The molecule has 2 aromatic rings. The Labute approximate surface area is 225 Å². The van der Waals surface area contributed by atoms with Crippen LogP contribution in [0.3, 0.4) is 0 Å². The summed E-state index contributed by atoms with van der Waals surface area (Å²) in [5.74, 6) is -0.526. The first-order chi connectivity index (χ1) is 18.2. The van der Waals surface area contributed by atoms with Gasteiger partial charge in [-0.3, -0.25) is 24.4 Å². The van der Waals surface area contributed by atoms with Gasteiger partial charge in [0.25, 0.3) is 5.91 Å². The highest BCUT2D eigenvalue weighted by Gasteiger charge is 2.59. The van der Waals surface area contributed by atoms with E-state index < -0.39 is 11.6 Å². The third-order valence-electron chi connectivity index (χ3n) is 8.23. The van der Waals surface area contributed by atoms with Crippen LogP contribution < -0.4 is 10.2 Å². The highest BCUT2D eigenvalue weighted by Crippen LogP contribution is 2.42. The van der Waals surface area contributed by atoms with Gasteiger partial charge in [0.2, 0.25) is 5.91 Å². The smallest absolute Gasteiger partial charge is 0.257 e. The van der Waals surface area contributed by atoms with E-state index in [1.807, 2.05) is 30.3 Å². The van der Waals surface area contributed by atoms with E-state index in [-0.39, 0.29) is 36.0 Å². The van der Waals surface area contributed by atoms with E-state index in [9.17, 15) is 14.9 Å². The zero-order valence-corrected chi connectivity index (χ0v) is 22.5. The van der Waals surface area contributed by atoms with Crippen molar-refractivity contribution in [2.45, 2.75) is 88.4 Å². The molecular weight excluding hydrogens is 478 g/mol. The van der Waals surface area contributed by atoms with Gasteiger partial charge in [-0.1, -0.05) is 58.2 Å². The molecule has 1 unspecified atom stereocenters. The lowest BCUT2D eigenvalue weighted by Crippen LogP contribution is -2.60. The minimum atomic E-state index is -1.13. The molecule has 3 fully saturated rings. The second-order valence-corrected chi connectivity index (χ2v) is 11.9. The van der Waals surface area contributed by atoms with Crippen molar-refractivity contribution in [2.75, 3.05) is 18.1 Å². The van der Waals surface area contributed by atoms with Gasteiger partial charge in [0.15, 0.2) is 11.7 Å². The van der Waals surface area contributed by atoms with Gasteiger partial charge in [-0.25, -0.2) is 0 Å². The fraction of sp³-hybridized carbons (Fsp3) is 0.533. The zero-order valence-electron chi connectivity index (χ0n) is 22.5. The van der Waals surface area contributed by atoms with Crippen molar-refractivity contribution < 1.29 is 14.3 Å². The van der Waals surface area contributed by atoms with Crippen molar-refractivity contribution >= 4 is 17.5 Å². The lowest BCUT2D eigenvalue weighted by molar-refractivity contribution is -0.133. The van der Waals surface area contributed by atoms with Gasteiger partial charge >= 0.3 is 0 Å². The number of ether oxygens (including phenoxy) is 1. The third kappa shape index (κ3) is 4.88. The number of carbonyl (C=O) groups excluding carboxylic acids is 2. The monoisotopic (exact) mass is 515 g/mol. The third-order valence-corrected chi connectivity index (χ3v) is 8.23. The number of nitriles is 1. The van der Waals surface area contributed by atoms with Gasteiger partial charge in [-0.15, -0.1) is 0 Å². The molecule has 0 spiro atoms. The number of carbonyl (C=O) groups is 2. The van der Waals surface area contributed by atoms with Crippen molar-refractivity contribution in [3.8, 4) is 6.19 Å². The number of amides is 2. The Balaban J connectivity index is 1.60. The molecule has 1 saturated carbocycles. The van der Waals surface area contributed by atoms with Gasteiger partial charge < -0.3 is 10.1 Å². The molecule has 2 saturated heterocycles. The number of morpholine rings is 1. The molecule has 1 aromatic heterocycles. The van der Waals surface area contributed by atoms with E-state index >= 15 is 0 Å². The molecule has 3 atom stereocenters. The van der Waals surface area contributed by atoms with Gasteiger partial charge in [-0.2, -0.15) is 5.26 Å². The molecule has 8 heteroatoms. The van der Waals surface area contributed by atoms with E-state index in [4.69, 9.17) is 4.74 Å². The van der Waals surface area contributed by atoms with Gasteiger partial charge in [0.1, 0.15) is 6.04 Å². The summed E-state index contributed by atoms with van der Waals surface area (Å²) in [7, 11) is 0. The number of anilines is 1. The van der Waals surface area contributed by atoms with Crippen LogP contribution in [0.2, 0.25) is 0 Å². The summed E-state index contributed by atoms with van der Waals surface area (Å²) in [6.45, 7) is 6.92. The van der Waals surface area contributed by atoms with Crippen LogP contribution in [-0.2, 0) is 19.7 Å². The highest BCUT2D eigenvalue weighted by molar-refractivity contribution is 6.06. The van der Waals surface area contributed by atoms with Crippen LogP contribution in [0.25, 0.3) is 0 Å². The normalized spacial score (nSPS) is 24.1. The van der Waals surface area contributed by atoms with E-state index in [0.29, 0.717) is 24.2 Å². The topological polar surface area (TPSA) is 98.6 Å². The lowest BCUT2D eigenvalue weighted by atomic mass is 9.86. The number of hydrogen-bond donors (Lipinski definition) is 1. The molecule has 1 aliphatic carbocycles. The number of nitrogens with one attached hydrogen (secondary N) is 1. The number of hydrogen-bond acceptors (Lipinski definition) is 6. The van der Waals surface area contributed by atoms with Crippen LogP contribution in [-0.4, -0.2) is 52.5 Å². The number of nitrogens with zero attached hydrogens (tertiary/aromatic N) is 4. The van der Waals surface area contributed by atoms with E-state index in [0.717, 1.165) is 31.2 Å².